The van der Waals surface area contributed by atoms with Crippen LogP contribution in [0.5, 0.6) is 0 Å². The molecule has 3 atom stereocenters. The fourth-order valence-electron chi connectivity index (χ4n) is 6.25. The summed E-state index contributed by atoms with van der Waals surface area (Å²) in [6.07, 6.45) is 11.2. The minimum absolute atomic E-state index is 0.0638. The molecular weight excluding hydrogens is 529 g/mol. The van der Waals surface area contributed by atoms with Crippen molar-refractivity contribution in [3.8, 4) is 0 Å². The van der Waals surface area contributed by atoms with Gasteiger partial charge < -0.3 is 10.2 Å². The van der Waals surface area contributed by atoms with Gasteiger partial charge in [0.2, 0.25) is 11.8 Å². The zero-order chi connectivity index (χ0) is 28.2. The van der Waals surface area contributed by atoms with Crippen LogP contribution < -0.4 is 5.32 Å². The van der Waals surface area contributed by atoms with Crippen LogP contribution in [0, 0.1) is 0 Å². The Morgan fingerprint density at radius 2 is 1.72 bits per heavy atom. The number of likely N-dealkylation sites (N-methyl/N-ethyl adjacent to an activating group) is 2. The summed E-state index contributed by atoms with van der Waals surface area (Å²) in [6.45, 7) is 5.37. The summed E-state index contributed by atoms with van der Waals surface area (Å²) >= 11 is 12.9. The number of carbonyl (C=O) groups excluding carboxylic acids is 2. The Morgan fingerprint density at radius 3 is 2.31 bits per heavy atom. The average Bonchev–Trinajstić information content (AvgIpc) is 2.97. The minimum atomic E-state index is -1.00. The van der Waals surface area contributed by atoms with Crippen molar-refractivity contribution in [3.05, 3.63) is 93.5 Å². The van der Waals surface area contributed by atoms with Crippen molar-refractivity contribution in [2.24, 2.45) is 0 Å². The van der Waals surface area contributed by atoms with Crippen LogP contribution in [0.1, 0.15) is 63.0 Å². The number of hydrogen-bond donors (Lipinski definition) is 1. The monoisotopic (exact) mass is 567 g/mol. The zero-order valence-electron chi connectivity index (χ0n) is 23.3. The second-order valence-corrected chi connectivity index (χ2v) is 11.4. The molecule has 1 saturated heterocycles. The molecule has 208 valence electrons. The maximum absolute atomic E-state index is 14.1. The van der Waals surface area contributed by atoms with Gasteiger partial charge in [0.05, 0.1) is 10.0 Å². The molecule has 1 aliphatic carbocycles. The summed E-state index contributed by atoms with van der Waals surface area (Å²) in [5.74, 6) is -0.260. The van der Waals surface area contributed by atoms with Crippen LogP contribution >= 0.6 is 23.2 Å². The van der Waals surface area contributed by atoms with E-state index in [-0.39, 0.29) is 17.7 Å². The first-order valence-corrected chi connectivity index (χ1v) is 14.6. The van der Waals surface area contributed by atoms with Crippen molar-refractivity contribution >= 4 is 35.0 Å². The quantitative estimate of drug-likeness (QED) is 0.360. The molecule has 39 heavy (non-hydrogen) atoms. The van der Waals surface area contributed by atoms with Gasteiger partial charge in [-0.15, -0.1) is 0 Å². The summed E-state index contributed by atoms with van der Waals surface area (Å²) in [6, 6.07) is 15.8. The van der Waals surface area contributed by atoms with E-state index in [1.165, 1.54) is 0 Å². The van der Waals surface area contributed by atoms with Gasteiger partial charge in [-0.25, -0.2) is 0 Å². The largest absolute Gasteiger partial charge is 0.357 e. The molecule has 0 aromatic heterocycles. The molecule has 2 aromatic rings. The highest BCUT2D eigenvalue weighted by Gasteiger charge is 2.52. The molecule has 1 fully saturated rings. The van der Waals surface area contributed by atoms with E-state index >= 15 is 0 Å². The van der Waals surface area contributed by atoms with Crippen LogP contribution in [0.4, 0.5) is 0 Å². The van der Waals surface area contributed by atoms with Crippen LogP contribution in [0.15, 0.2) is 72.3 Å². The molecule has 4 rings (SSSR count). The first-order chi connectivity index (χ1) is 18.7. The second-order valence-electron chi connectivity index (χ2n) is 10.6. The number of hydrogen-bond acceptors (Lipinski definition) is 3. The molecule has 1 aliphatic heterocycles. The predicted octanol–water partition coefficient (Wildman–Crippen LogP) is 6.72. The molecular formula is C32H39Cl2N3O2. The molecule has 1 heterocycles. The number of likely N-dealkylation sites (tertiary alicyclic amines) is 1. The number of amides is 2. The van der Waals surface area contributed by atoms with Crippen LogP contribution in [0.25, 0.3) is 0 Å². The van der Waals surface area contributed by atoms with Gasteiger partial charge in [-0.05, 0) is 67.3 Å². The fraction of sp³-hybridized carbons (Fsp3) is 0.438. The molecule has 3 unspecified atom stereocenters. The Bertz CT molecular complexity index is 1260. The molecule has 0 radical (unpaired) electrons. The second kappa shape index (κ2) is 12.3. The predicted molar refractivity (Wildman–Crippen MR) is 160 cm³/mol. The smallest absolute Gasteiger partial charge is 0.248 e. The Balaban J connectivity index is 2.07. The van der Waals surface area contributed by atoms with E-state index in [4.69, 9.17) is 23.2 Å². The highest BCUT2D eigenvalue weighted by atomic mass is 35.5. The van der Waals surface area contributed by atoms with Crippen LogP contribution in [-0.4, -0.2) is 54.3 Å². The van der Waals surface area contributed by atoms with E-state index in [0.717, 1.165) is 61.9 Å². The number of nitrogens with one attached hydrogen (secondary N) is 1. The normalized spacial score (nSPS) is 24.1. The standard InChI is InChI=1S/C32H39Cl2N3O2/c1-5-12-26(24-15-16-28(33)29(34)21-24)27-22-31(36(4)23(2)38,25-13-8-6-9-14-25)17-18-32(27,30(39)35-3)37-19-10-7-11-20-37/h6,8-9,13-18,21-22,26H,5,7,10-12,19-20H2,1-4H3,(H,35,39). The van der Waals surface area contributed by atoms with E-state index < -0.39 is 11.1 Å². The summed E-state index contributed by atoms with van der Waals surface area (Å²) in [5, 5.41) is 3.97. The Hall–Kier alpha value is -2.60. The molecule has 5 nitrogen and oxygen atoms in total. The lowest BCUT2D eigenvalue weighted by Gasteiger charge is -2.51. The highest BCUT2D eigenvalue weighted by molar-refractivity contribution is 6.42. The Labute approximate surface area is 242 Å². The van der Waals surface area contributed by atoms with E-state index in [1.807, 2.05) is 55.6 Å². The van der Waals surface area contributed by atoms with Gasteiger partial charge in [-0.3, -0.25) is 14.5 Å². The van der Waals surface area contributed by atoms with E-state index in [9.17, 15) is 9.59 Å². The van der Waals surface area contributed by atoms with Crippen LogP contribution in [0.3, 0.4) is 0 Å². The summed E-state index contributed by atoms with van der Waals surface area (Å²) in [4.78, 5) is 31.2. The first-order valence-electron chi connectivity index (χ1n) is 13.9. The first kappa shape index (κ1) is 29.4. The number of benzene rings is 2. The lowest BCUT2D eigenvalue weighted by molar-refractivity contribution is -0.131. The molecule has 2 aromatic carbocycles. The van der Waals surface area contributed by atoms with Gasteiger partial charge >= 0.3 is 0 Å². The fourth-order valence-corrected chi connectivity index (χ4v) is 6.55. The summed E-state index contributed by atoms with van der Waals surface area (Å²) < 4.78 is 0. The SMILES string of the molecule is CCCC(C1=CC(c2ccccc2)(N(C)C(C)=O)C=CC1(C(=O)NC)N1CCCCC1)c1ccc(Cl)c(Cl)c1. The lowest BCUT2D eigenvalue weighted by atomic mass is 9.67. The Kier molecular flexibility index (Phi) is 9.25. The topological polar surface area (TPSA) is 52.7 Å². The van der Waals surface area contributed by atoms with Gasteiger partial charge in [0.15, 0.2) is 0 Å². The van der Waals surface area contributed by atoms with Gasteiger partial charge in [-0.2, -0.15) is 0 Å². The van der Waals surface area contributed by atoms with Crippen molar-refractivity contribution < 1.29 is 9.59 Å². The van der Waals surface area contributed by atoms with E-state index in [0.29, 0.717) is 10.0 Å². The highest BCUT2D eigenvalue weighted by Crippen LogP contribution is 2.49. The number of rotatable bonds is 8. The van der Waals surface area contributed by atoms with Gasteiger partial charge in [0.25, 0.3) is 0 Å². The van der Waals surface area contributed by atoms with Crippen molar-refractivity contribution in [2.45, 2.75) is 62.9 Å². The third kappa shape index (κ3) is 5.41. The Morgan fingerprint density at radius 1 is 1.03 bits per heavy atom. The number of halogens is 2. The number of nitrogens with zero attached hydrogens (tertiary/aromatic N) is 2. The molecule has 0 spiro atoms. The van der Waals surface area contributed by atoms with E-state index in [1.54, 1.807) is 18.9 Å². The zero-order valence-corrected chi connectivity index (χ0v) is 24.9. The van der Waals surface area contributed by atoms with Gasteiger partial charge in [0, 0.05) is 26.9 Å². The third-order valence-electron chi connectivity index (χ3n) is 8.38. The third-order valence-corrected chi connectivity index (χ3v) is 9.12. The number of carbonyl (C=O) groups is 2. The van der Waals surface area contributed by atoms with Crippen molar-refractivity contribution in [1.82, 2.24) is 15.1 Å². The lowest BCUT2D eigenvalue weighted by Crippen LogP contribution is -2.62. The average molecular weight is 569 g/mol. The van der Waals surface area contributed by atoms with Gasteiger partial charge in [-0.1, -0.05) is 91.5 Å². The molecule has 0 saturated carbocycles. The molecule has 0 bridgehead atoms. The maximum Gasteiger partial charge on any atom is 0.248 e. The van der Waals surface area contributed by atoms with Gasteiger partial charge in [0.1, 0.15) is 11.1 Å². The number of piperidine rings is 1. The summed E-state index contributed by atoms with van der Waals surface area (Å²) in [5.41, 5.74) is 1.06. The van der Waals surface area contributed by atoms with E-state index in [2.05, 4.69) is 35.4 Å². The minimum Gasteiger partial charge on any atom is -0.357 e. The molecule has 2 aliphatic rings. The molecule has 1 N–H and O–H groups in total. The van der Waals surface area contributed by atoms with Crippen LogP contribution in [-0.2, 0) is 15.1 Å². The van der Waals surface area contributed by atoms with Crippen molar-refractivity contribution in [2.75, 3.05) is 27.2 Å². The van der Waals surface area contributed by atoms with Crippen LogP contribution in [0.2, 0.25) is 10.0 Å². The van der Waals surface area contributed by atoms with Crippen molar-refractivity contribution in [3.63, 3.8) is 0 Å². The molecule has 7 heteroatoms. The molecule has 2 amide bonds. The maximum atomic E-state index is 14.1. The summed E-state index contributed by atoms with van der Waals surface area (Å²) in [7, 11) is 3.53. The van der Waals surface area contributed by atoms with Crippen molar-refractivity contribution in [1.29, 1.82) is 0 Å².